The van der Waals surface area contributed by atoms with Gasteiger partial charge >= 0.3 is 6.18 Å². The van der Waals surface area contributed by atoms with E-state index in [2.05, 4.69) is 4.90 Å². The minimum absolute atomic E-state index is 0.00573. The summed E-state index contributed by atoms with van der Waals surface area (Å²) in [6, 6.07) is 5.03. The van der Waals surface area contributed by atoms with Gasteiger partial charge in [0.05, 0.1) is 11.3 Å². The third-order valence-corrected chi connectivity index (χ3v) is 6.40. The molecule has 2 fully saturated rings. The van der Waals surface area contributed by atoms with Crippen molar-refractivity contribution in [1.29, 1.82) is 0 Å². The first kappa shape index (κ1) is 21.9. The quantitative estimate of drug-likeness (QED) is 0.690. The summed E-state index contributed by atoms with van der Waals surface area (Å²) in [6.07, 6.45) is -4.37. The van der Waals surface area contributed by atoms with Gasteiger partial charge in [-0.05, 0) is 17.7 Å². The molecule has 0 radical (unpaired) electrons. The molecule has 2 saturated heterocycles. The second-order valence-electron chi connectivity index (χ2n) is 7.03. The number of amides is 2. The lowest BCUT2D eigenvalue weighted by Gasteiger charge is -2.36. The maximum absolute atomic E-state index is 12.8. The minimum atomic E-state index is -4.37. The standard InChI is InChI=1S/C19H24F3N3O3S/c1-28-12-16(26)24-9-6-23(7-10-24)8-11-25-17(27)13-29-18(25)14-2-4-15(5-3-14)19(20,21)22/h2-5,18H,6-13H2,1H3. The lowest BCUT2D eigenvalue weighted by atomic mass is 10.1. The average Bonchev–Trinajstić information content (AvgIpc) is 3.07. The maximum atomic E-state index is 12.8. The Kier molecular flexibility index (Phi) is 7.07. The number of nitrogens with zero attached hydrogens (tertiary/aromatic N) is 3. The number of methoxy groups -OCH3 is 1. The van der Waals surface area contributed by atoms with Gasteiger partial charge in [0.15, 0.2) is 0 Å². The summed E-state index contributed by atoms with van der Waals surface area (Å²) in [7, 11) is 1.49. The Balaban J connectivity index is 1.54. The lowest BCUT2D eigenvalue weighted by Crippen LogP contribution is -2.51. The fourth-order valence-corrected chi connectivity index (χ4v) is 4.71. The van der Waals surface area contributed by atoms with E-state index >= 15 is 0 Å². The summed E-state index contributed by atoms with van der Waals surface area (Å²) in [6.45, 7) is 3.92. The third-order valence-electron chi connectivity index (χ3n) is 5.14. The van der Waals surface area contributed by atoms with Crippen molar-refractivity contribution < 1.29 is 27.5 Å². The lowest BCUT2D eigenvalue weighted by molar-refractivity contribution is -0.138. The van der Waals surface area contributed by atoms with Crippen LogP contribution >= 0.6 is 11.8 Å². The van der Waals surface area contributed by atoms with Crippen molar-refractivity contribution in [1.82, 2.24) is 14.7 Å². The van der Waals surface area contributed by atoms with E-state index in [1.807, 2.05) is 0 Å². The van der Waals surface area contributed by atoms with E-state index in [9.17, 15) is 22.8 Å². The highest BCUT2D eigenvalue weighted by molar-refractivity contribution is 8.00. The van der Waals surface area contributed by atoms with Crippen molar-refractivity contribution in [2.75, 3.05) is 58.7 Å². The highest BCUT2D eigenvalue weighted by atomic mass is 32.2. The zero-order valence-electron chi connectivity index (χ0n) is 16.2. The van der Waals surface area contributed by atoms with Crippen LogP contribution in [0.15, 0.2) is 24.3 Å². The number of carbonyl (C=O) groups is 2. The molecule has 2 aliphatic rings. The van der Waals surface area contributed by atoms with Gasteiger partial charge < -0.3 is 14.5 Å². The van der Waals surface area contributed by atoms with Crippen LogP contribution in [0, 0.1) is 0 Å². The molecule has 29 heavy (non-hydrogen) atoms. The Hall–Kier alpha value is -1.78. The van der Waals surface area contributed by atoms with Gasteiger partial charge in [0.1, 0.15) is 12.0 Å². The van der Waals surface area contributed by atoms with Gasteiger partial charge in [0.25, 0.3) is 0 Å². The van der Waals surface area contributed by atoms with Crippen LogP contribution in [-0.2, 0) is 20.5 Å². The number of halogens is 3. The maximum Gasteiger partial charge on any atom is 0.416 e. The largest absolute Gasteiger partial charge is 0.416 e. The van der Waals surface area contributed by atoms with Gasteiger partial charge in [-0.15, -0.1) is 11.8 Å². The topological polar surface area (TPSA) is 53.1 Å². The molecule has 6 nitrogen and oxygen atoms in total. The number of alkyl halides is 3. The van der Waals surface area contributed by atoms with Crippen LogP contribution in [-0.4, -0.2) is 85.3 Å². The highest BCUT2D eigenvalue weighted by Gasteiger charge is 2.35. The van der Waals surface area contributed by atoms with Gasteiger partial charge in [-0.1, -0.05) is 12.1 Å². The van der Waals surface area contributed by atoms with Gasteiger partial charge in [-0.3, -0.25) is 14.5 Å². The predicted octanol–water partition coefficient (Wildman–Crippen LogP) is 2.07. The molecule has 10 heteroatoms. The molecule has 1 atom stereocenters. The first-order chi connectivity index (χ1) is 13.8. The summed E-state index contributed by atoms with van der Waals surface area (Å²) in [5, 5.41) is -0.269. The molecule has 2 heterocycles. The van der Waals surface area contributed by atoms with Gasteiger partial charge in [-0.2, -0.15) is 13.2 Å². The Labute approximate surface area is 171 Å². The summed E-state index contributed by atoms with van der Waals surface area (Å²) in [4.78, 5) is 29.9. The van der Waals surface area contributed by atoms with Crippen LogP contribution in [0.25, 0.3) is 0 Å². The molecule has 3 rings (SSSR count). The van der Waals surface area contributed by atoms with Crippen molar-refractivity contribution in [3.8, 4) is 0 Å². The number of thioether (sulfide) groups is 1. The monoisotopic (exact) mass is 431 g/mol. The van der Waals surface area contributed by atoms with E-state index in [0.717, 1.165) is 25.2 Å². The second kappa shape index (κ2) is 9.36. The second-order valence-corrected chi connectivity index (χ2v) is 8.09. The van der Waals surface area contributed by atoms with Crippen molar-refractivity contribution in [2.45, 2.75) is 11.6 Å². The van der Waals surface area contributed by atoms with Crippen LogP contribution in [0.3, 0.4) is 0 Å². The van der Waals surface area contributed by atoms with Gasteiger partial charge in [0, 0.05) is 46.4 Å². The molecule has 0 aromatic heterocycles. The van der Waals surface area contributed by atoms with Crippen molar-refractivity contribution >= 4 is 23.6 Å². The Bertz CT molecular complexity index is 722. The van der Waals surface area contributed by atoms with E-state index in [4.69, 9.17) is 4.74 Å². The molecule has 0 saturated carbocycles. The fraction of sp³-hybridized carbons (Fsp3) is 0.579. The summed E-state index contributed by atoms with van der Waals surface area (Å²) >= 11 is 1.43. The van der Waals surface area contributed by atoms with Crippen LogP contribution in [0.1, 0.15) is 16.5 Å². The molecule has 0 spiro atoms. The van der Waals surface area contributed by atoms with Crippen LogP contribution in [0.2, 0.25) is 0 Å². The molecule has 1 aromatic carbocycles. The molecule has 0 N–H and O–H groups in total. The number of ether oxygens (including phenoxy) is 1. The van der Waals surface area contributed by atoms with Crippen molar-refractivity contribution in [3.05, 3.63) is 35.4 Å². The minimum Gasteiger partial charge on any atom is -0.375 e. The first-order valence-corrected chi connectivity index (χ1v) is 10.4. The highest BCUT2D eigenvalue weighted by Crippen LogP contribution is 2.39. The zero-order chi connectivity index (χ0) is 21.0. The predicted molar refractivity (Wildman–Crippen MR) is 103 cm³/mol. The number of benzene rings is 1. The molecular weight excluding hydrogens is 407 g/mol. The van der Waals surface area contributed by atoms with E-state index in [1.54, 1.807) is 9.80 Å². The number of rotatable bonds is 6. The van der Waals surface area contributed by atoms with Crippen molar-refractivity contribution in [2.24, 2.45) is 0 Å². The number of hydrogen-bond donors (Lipinski definition) is 0. The molecule has 1 aromatic rings. The zero-order valence-corrected chi connectivity index (χ0v) is 17.0. The fourth-order valence-electron chi connectivity index (χ4n) is 3.49. The Morgan fingerprint density at radius 1 is 1.14 bits per heavy atom. The smallest absolute Gasteiger partial charge is 0.375 e. The van der Waals surface area contributed by atoms with E-state index in [-0.39, 0.29) is 23.8 Å². The molecular formula is C19H24F3N3O3S. The molecule has 2 aliphatic heterocycles. The Morgan fingerprint density at radius 3 is 2.38 bits per heavy atom. The van der Waals surface area contributed by atoms with Crippen LogP contribution < -0.4 is 0 Å². The normalized spacial score (nSPS) is 21.1. The van der Waals surface area contributed by atoms with Gasteiger partial charge in [-0.25, -0.2) is 0 Å². The molecule has 1 unspecified atom stereocenters. The summed E-state index contributed by atoms with van der Waals surface area (Å²) in [5.41, 5.74) is 0.00634. The van der Waals surface area contributed by atoms with Crippen LogP contribution in [0.5, 0.6) is 0 Å². The van der Waals surface area contributed by atoms with Crippen molar-refractivity contribution in [3.63, 3.8) is 0 Å². The number of hydrogen-bond acceptors (Lipinski definition) is 5. The summed E-state index contributed by atoms with van der Waals surface area (Å²) in [5.74, 6) is 0.291. The Morgan fingerprint density at radius 2 is 1.79 bits per heavy atom. The van der Waals surface area contributed by atoms with E-state index < -0.39 is 11.7 Å². The summed E-state index contributed by atoms with van der Waals surface area (Å²) < 4.78 is 43.2. The number of piperazine rings is 1. The molecule has 160 valence electrons. The average molecular weight is 431 g/mol. The first-order valence-electron chi connectivity index (χ1n) is 9.37. The van der Waals surface area contributed by atoms with E-state index in [1.165, 1.54) is 31.0 Å². The van der Waals surface area contributed by atoms with E-state index in [0.29, 0.717) is 37.5 Å². The third kappa shape index (κ3) is 5.43. The van der Waals surface area contributed by atoms with Crippen LogP contribution in [0.4, 0.5) is 13.2 Å². The molecule has 2 amide bonds. The van der Waals surface area contributed by atoms with Gasteiger partial charge in [0.2, 0.25) is 11.8 Å². The molecule has 0 aliphatic carbocycles. The SMILES string of the molecule is COCC(=O)N1CCN(CCN2C(=O)CSC2c2ccc(C(F)(F)F)cc2)CC1. The molecule has 0 bridgehead atoms. The number of carbonyl (C=O) groups excluding carboxylic acids is 2.